The van der Waals surface area contributed by atoms with Gasteiger partial charge in [0.05, 0.1) is 7.11 Å². The summed E-state index contributed by atoms with van der Waals surface area (Å²) >= 11 is 3.34. The van der Waals surface area contributed by atoms with Gasteiger partial charge in [-0.1, -0.05) is 28.1 Å². The largest absolute Gasteiger partial charge is 0.467 e. The molecule has 0 fully saturated rings. The van der Waals surface area contributed by atoms with Gasteiger partial charge in [-0.05, 0) is 17.7 Å². The van der Waals surface area contributed by atoms with E-state index in [-0.39, 0.29) is 12.5 Å². The topological polar surface area (TPSA) is 64.6 Å². The van der Waals surface area contributed by atoms with Crippen molar-refractivity contribution in [3.63, 3.8) is 0 Å². The number of methoxy groups -OCH3 is 2. The van der Waals surface area contributed by atoms with E-state index in [2.05, 4.69) is 26.0 Å². The molecule has 0 aliphatic rings. The van der Waals surface area contributed by atoms with Crippen LogP contribution in [0.25, 0.3) is 0 Å². The van der Waals surface area contributed by atoms with Crippen molar-refractivity contribution in [2.45, 2.75) is 12.5 Å². The van der Waals surface area contributed by atoms with Crippen LogP contribution in [0, 0.1) is 0 Å². The molecule has 1 aromatic rings. The Labute approximate surface area is 120 Å². The molecule has 1 rings (SSSR count). The molecule has 1 amide bonds. The first kappa shape index (κ1) is 15.7. The summed E-state index contributed by atoms with van der Waals surface area (Å²) in [7, 11) is 2.71. The van der Waals surface area contributed by atoms with Gasteiger partial charge in [-0.3, -0.25) is 4.79 Å². The molecule has 0 aliphatic heterocycles. The Bertz CT molecular complexity index is 433. The summed E-state index contributed by atoms with van der Waals surface area (Å²) in [4.78, 5) is 23.1. The molecule has 5 nitrogen and oxygen atoms in total. The molecule has 0 saturated carbocycles. The van der Waals surface area contributed by atoms with Crippen molar-refractivity contribution in [2.75, 3.05) is 20.8 Å². The van der Waals surface area contributed by atoms with Crippen LogP contribution in [0.2, 0.25) is 0 Å². The van der Waals surface area contributed by atoms with E-state index >= 15 is 0 Å². The summed E-state index contributed by atoms with van der Waals surface area (Å²) in [5, 5.41) is 2.58. The molecule has 0 saturated heterocycles. The molecular formula is C13H16BrNO4. The van der Waals surface area contributed by atoms with Gasteiger partial charge in [-0.25, -0.2) is 4.79 Å². The number of nitrogens with one attached hydrogen (secondary N) is 1. The van der Waals surface area contributed by atoms with Crippen molar-refractivity contribution >= 4 is 27.8 Å². The molecule has 19 heavy (non-hydrogen) atoms. The molecule has 1 atom stereocenters. The van der Waals surface area contributed by atoms with Crippen LogP contribution in [0.4, 0.5) is 0 Å². The number of rotatable bonds is 6. The Morgan fingerprint density at radius 1 is 1.26 bits per heavy atom. The van der Waals surface area contributed by atoms with Crippen LogP contribution in [-0.2, 0) is 25.5 Å². The highest BCUT2D eigenvalue weighted by Gasteiger charge is 2.21. The van der Waals surface area contributed by atoms with Crippen LogP contribution in [-0.4, -0.2) is 38.7 Å². The van der Waals surface area contributed by atoms with Crippen molar-refractivity contribution in [3.05, 3.63) is 34.3 Å². The number of hydrogen-bond donors (Lipinski definition) is 1. The monoisotopic (exact) mass is 329 g/mol. The van der Waals surface area contributed by atoms with Crippen LogP contribution in [0.3, 0.4) is 0 Å². The fourth-order valence-corrected chi connectivity index (χ4v) is 1.82. The standard InChI is InChI=1S/C13H16BrNO4/c1-18-8-12(16)15-11(13(17)19-2)7-9-3-5-10(14)6-4-9/h3-6,11H,7-8H2,1-2H3,(H,15,16)/t11-/m0/s1. The van der Waals surface area contributed by atoms with E-state index in [4.69, 9.17) is 4.74 Å². The first-order valence-corrected chi connectivity index (χ1v) is 6.46. The predicted octanol–water partition coefficient (Wildman–Crippen LogP) is 1.30. The quantitative estimate of drug-likeness (QED) is 0.799. The number of ether oxygens (including phenoxy) is 2. The summed E-state index contributed by atoms with van der Waals surface area (Å²) in [6, 6.07) is 6.79. The maximum Gasteiger partial charge on any atom is 0.328 e. The Morgan fingerprint density at radius 2 is 1.89 bits per heavy atom. The lowest BCUT2D eigenvalue weighted by Gasteiger charge is -2.16. The van der Waals surface area contributed by atoms with Gasteiger partial charge in [0, 0.05) is 18.0 Å². The number of carbonyl (C=O) groups excluding carboxylic acids is 2. The van der Waals surface area contributed by atoms with Crippen LogP contribution < -0.4 is 5.32 Å². The lowest BCUT2D eigenvalue weighted by atomic mass is 10.1. The summed E-state index contributed by atoms with van der Waals surface area (Å²) < 4.78 is 10.4. The fraction of sp³-hybridized carbons (Fsp3) is 0.385. The Balaban J connectivity index is 2.71. The normalized spacial score (nSPS) is 11.7. The highest BCUT2D eigenvalue weighted by Crippen LogP contribution is 2.12. The van der Waals surface area contributed by atoms with Gasteiger partial charge in [-0.15, -0.1) is 0 Å². The molecule has 0 spiro atoms. The SMILES string of the molecule is COCC(=O)N[C@@H](Cc1ccc(Br)cc1)C(=O)OC. The zero-order valence-electron chi connectivity index (χ0n) is 10.8. The molecule has 0 aliphatic carbocycles. The molecule has 0 unspecified atom stereocenters. The summed E-state index contributed by atoms with van der Waals surface area (Å²) in [6.07, 6.45) is 0.370. The molecule has 104 valence electrons. The average molecular weight is 330 g/mol. The first-order valence-electron chi connectivity index (χ1n) is 5.67. The maximum atomic E-state index is 11.6. The van der Waals surface area contributed by atoms with Crippen molar-refractivity contribution in [1.29, 1.82) is 0 Å². The minimum absolute atomic E-state index is 0.0895. The number of halogens is 1. The van der Waals surface area contributed by atoms with E-state index < -0.39 is 12.0 Å². The lowest BCUT2D eigenvalue weighted by molar-refractivity contribution is -0.145. The molecular weight excluding hydrogens is 314 g/mol. The predicted molar refractivity (Wildman–Crippen MR) is 73.7 cm³/mol. The van der Waals surface area contributed by atoms with Crippen molar-refractivity contribution in [2.24, 2.45) is 0 Å². The summed E-state index contributed by atoms with van der Waals surface area (Å²) in [5.41, 5.74) is 0.927. The van der Waals surface area contributed by atoms with E-state index in [1.807, 2.05) is 24.3 Å². The number of carbonyl (C=O) groups is 2. The van der Waals surface area contributed by atoms with E-state index in [1.54, 1.807) is 0 Å². The Morgan fingerprint density at radius 3 is 2.42 bits per heavy atom. The number of hydrogen-bond acceptors (Lipinski definition) is 4. The van der Waals surface area contributed by atoms with E-state index in [0.717, 1.165) is 10.0 Å². The van der Waals surface area contributed by atoms with Crippen LogP contribution >= 0.6 is 15.9 Å². The van der Waals surface area contributed by atoms with Gasteiger partial charge < -0.3 is 14.8 Å². The average Bonchev–Trinajstić information content (AvgIpc) is 2.40. The van der Waals surface area contributed by atoms with Crippen molar-refractivity contribution in [3.8, 4) is 0 Å². The van der Waals surface area contributed by atoms with Crippen molar-refractivity contribution < 1.29 is 19.1 Å². The summed E-state index contributed by atoms with van der Waals surface area (Å²) in [6.45, 7) is -0.0895. The molecule has 0 aromatic heterocycles. The zero-order valence-corrected chi connectivity index (χ0v) is 12.4. The third-order valence-electron chi connectivity index (χ3n) is 2.45. The number of amides is 1. The Kier molecular flexibility index (Phi) is 6.52. The van der Waals surface area contributed by atoms with E-state index in [1.165, 1.54) is 14.2 Å². The second-order valence-corrected chi connectivity index (χ2v) is 4.82. The molecule has 6 heteroatoms. The van der Waals surface area contributed by atoms with Gasteiger partial charge in [-0.2, -0.15) is 0 Å². The molecule has 0 heterocycles. The smallest absolute Gasteiger partial charge is 0.328 e. The van der Waals surface area contributed by atoms with Gasteiger partial charge in [0.1, 0.15) is 12.6 Å². The second kappa shape index (κ2) is 7.91. The van der Waals surface area contributed by atoms with E-state index in [0.29, 0.717) is 6.42 Å². The summed E-state index contributed by atoms with van der Waals surface area (Å²) in [5.74, 6) is -0.831. The van der Waals surface area contributed by atoms with Crippen LogP contribution in [0.15, 0.2) is 28.7 Å². The molecule has 1 N–H and O–H groups in total. The van der Waals surface area contributed by atoms with Crippen molar-refractivity contribution in [1.82, 2.24) is 5.32 Å². The maximum absolute atomic E-state index is 11.6. The Hall–Kier alpha value is -1.40. The van der Waals surface area contributed by atoms with Gasteiger partial charge >= 0.3 is 5.97 Å². The highest BCUT2D eigenvalue weighted by molar-refractivity contribution is 9.10. The highest BCUT2D eigenvalue weighted by atomic mass is 79.9. The third kappa shape index (κ3) is 5.40. The number of esters is 1. The minimum atomic E-state index is -0.714. The van der Waals surface area contributed by atoms with Gasteiger partial charge in [0.25, 0.3) is 0 Å². The molecule has 0 bridgehead atoms. The first-order chi connectivity index (χ1) is 9.06. The third-order valence-corrected chi connectivity index (χ3v) is 2.98. The minimum Gasteiger partial charge on any atom is -0.467 e. The fourth-order valence-electron chi connectivity index (χ4n) is 1.56. The number of benzene rings is 1. The molecule has 1 aromatic carbocycles. The lowest BCUT2D eigenvalue weighted by Crippen LogP contribution is -2.44. The molecule has 0 radical (unpaired) electrons. The van der Waals surface area contributed by atoms with Gasteiger partial charge in [0.2, 0.25) is 5.91 Å². The van der Waals surface area contributed by atoms with E-state index in [9.17, 15) is 9.59 Å². The second-order valence-electron chi connectivity index (χ2n) is 3.91. The van der Waals surface area contributed by atoms with Gasteiger partial charge in [0.15, 0.2) is 0 Å². The zero-order chi connectivity index (χ0) is 14.3. The van der Waals surface area contributed by atoms with Crippen LogP contribution in [0.5, 0.6) is 0 Å². The van der Waals surface area contributed by atoms with Crippen LogP contribution in [0.1, 0.15) is 5.56 Å².